The molecule has 19 heavy (non-hydrogen) atoms. The third kappa shape index (κ3) is 6.95. The van der Waals surface area contributed by atoms with Gasteiger partial charge in [0.15, 0.2) is 0 Å². The fourth-order valence-electron chi connectivity index (χ4n) is 1.45. The molecule has 4 heteroatoms. The van der Waals surface area contributed by atoms with Gasteiger partial charge in [-0.05, 0) is 25.0 Å². The van der Waals surface area contributed by atoms with E-state index >= 15 is 0 Å². The predicted octanol–water partition coefficient (Wildman–Crippen LogP) is 5.19. The van der Waals surface area contributed by atoms with Crippen molar-refractivity contribution in [3.63, 3.8) is 0 Å². The fraction of sp³-hybridized carbons (Fsp3) is 0.533. The molecule has 1 aromatic carbocycles. The zero-order valence-corrected chi connectivity index (χ0v) is 13.5. The zero-order valence-electron chi connectivity index (χ0n) is 11.8. The topological polar surface area (TPSA) is 22.1 Å². The van der Waals surface area contributed by atoms with Gasteiger partial charge in [0.05, 0.1) is 10.2 Å². The van der Waals surface area contributed by atoms with Crippen LogP contribution in [0.4, 0.5) is 0 Å². The first-order valence-electron chi connectivity index (χ1n) is 6.90. The molecule has 106 valence electrons. The van der Waals surface area contributed by atoms with Gasteiger partial charge in [-0.2, -0.15) is 0 Å². The third-order valence-electron chi connectivity index (χ3n) is 2.57. The van der Waals surface area contributed by atoms with Gasteiger partial charge in [0.1, 0.15) is 4.34 Å². The normalized spacial score (nSPS) is 10.3. The van der Waals surface area contributed by atoms with Crippen LogP contribution in [0.1, 0.15) is 39.5 Å². The molecule has 2 aromatic rings. The van der Waals surface area contributed by atoms with Crippen LogP contribution in [0.25, 0.3) is 10.2 Å². The molecule has 0 saturated heterocycles. The minimum atomic E-state index is 0.834. The fourth-order valence-corrected chi connectivity index (χ4v) is 2.56. The van der Waals surface area contributed by atoms with Crippen molar-refractivity contribution in [3.8, 4) is 0 Å². The van der Waals surface area contributed by atoms with Crippen LogP contribution in [0.3, 0.4) is 0 Å². The molecule has 2 rings (SSSR count). The van der Waals surface area contributed by atoms with Crippen molar-refractivity contribution < 1.29 is 4.74 Å². The molecule has 0 aliphatic rings. The summed E-state index contributed by atoms with van der Waals surface area (Å²) in [4.78, 5) is 4.20. The lowest BCUT2D eigenvalue weighted by Crippen LogP contribution is -1.95. The van der Waals surface area contributed by atoms with Crippen LogP contribution in [-0.2, 0) is 4.74 Å². The molecule has 0 atom stereocenters. The monoisotopic (exact) mass is 297 g/mol. The minimum absolute atomic E-state index is 0.834. The summed E-state index contributed by atoms with van der Waals surface area (Å²) < 4.78 is 7.35. The molecule has 0 N–H and O–H groups in total. The van der Waals surface area contributed by atoms with Gasteiger partial charge < -0.3 is 4.74 Å². The van der Waals surface area contributed by atoms with Crippen LogP contribution in [0.5, 0.6) is 0 Å². The molecule has 1 heterocycles. The molecule has 0 saturated carbocycles. The Balaban J connectivity index is 0.000000192. The number of hydrogen-bond donors (Lipinski definition) is 1. The molecule has 0 unspecified atom stereocenters. The highest BCUT2D eigenvalue weighted by molar-refractivity contribution is 7.82. The Morgan fingerprint density at radius 1 is 1.11 bits per heavy atom. The van der Waals surface area contributed by atoms with Gasteiger partial charge >= 0.3 is 0 Å². The van der Waals surface area contributed by atoms with Crippen molar-refractivity contribution in [2.45, 2.75) is 43.9 Å². The number of thiol groups is 1. The highest BCUT2D eigenvalue weighted by Crippen LogP contribution is 2.23. The second-order valence-electron chi connectivity index (χ2n) is 4.28. The number of aromatic nitrogens is 1. The van der Waals surface area contributed by atoms with Gasteiger partial charge in [-0.3, -0.25) is 0 Å². The summed E-state index contributed by atoms with van der Waals surface area (Å²) in [6, 6.07) is 8.03. The molecule has 0 aliphatic carbocycles. The Hall–Kier alpha value is -0.580. The van der Waals surface area contributed by atoms with Gasteiger partial charge in [0.2, 0.25) is 0 Å². The molecule has 1 aromatic heterocycles. The molecule has 0 aliphatic heterocycles. The number of thiazole rings is 1. The molecule has 2 nitrogen and oxygen atoms in total. The van der Waals surface area contributed by atoms with Gasteiger partial charge in [0.25, 0.3) is 0 Å². The van der Waals surface area contributed by atoms with Gasteiger partial charge in [0, 0.05) is 13.2 Å². The van der Waals surface area contributed by atoms with Crippen LogP contribution in [0.15, 0.2) is 28.6 Å². The third-order valence-corrected chi connectivity index (χ3v) is 3.78. The average molecular weight is 297 g/mol. The minimum Gasteiger partial charge on any atom is -0.381 e. The van der Waals surface area contributed by atoms with Gasteiger partial charge in [-0.1, -0.05) is 38.8 Å². The van der Waals surface area contributed by atoms with E-state index < -0.39 is 0 Å². The van der Waals surface area contributed by atoms with Crippen molar-refractivity contribution in [1.29, 1.82) is 0 Å². The predicted molar refractivity (Wildman–Crippen MR) is 87.5 cm³/mol. The maximum absolute atomic E-state index is 5.31. The molecular weight excluding hydrogens is 274 g/mol. The number of benzene rings is 1. The molecule has 0 amide bonds. The van der Waals surface area contributed by atoms with Crippen LogP contribution in [-0.4, -0.2) is 18.2 Å². The largest absolute Gasteiger partial charge is 0.381 e. The maximum atomic E-state index is 5.31. The van der Waals surface area contributed by atoms with Crippen LogP contribution < -0.4 is 0 Å². The summed E-state index contributed by atoms with van der Waals surface area (Å²) in [7, 11) is 0. The lowest BCUT2D eigenvalue weighted by atomic mass is 10.3. The van der Waals surface area contributed by atoms with E-state index in [9.17, 15) is 0 Å². The Kier molecular flexibility index (Phi) is 8.88. The number of para-hydroxylation sites is 1. The summed E-state index contributed by atoms with van der Waals surface area (Å²) in [6.45, 7) is 6.28. The van der Waals surface area contributed by atoms with E-state index in [1.54, 1.807) is 11.3 Å². The highest BCUT2D eigenvalue weighted by Gasteiger charge is 1.96. The number of ether oxygens (including phenoxy) is 1. The summed E-state index contributed by atoms with van der Waals surface area (Å²) in [5, 5.41) is 0. The first-order chi connectivity index (χ1) is 9.27. The number of hydrogen-bond acceptors (Lipinski definition) is 4. The first-order valence-corrected chi connectivity index (χ1v) is 8.16. The summed E-state index contributed by atoms with van der Waals surface area (Å²) >= 11 is 5.76. The number of fused-ring (bicyclic) bond motifs is 1. The van der Waals surface area contributed by atoms with E-state index in [0.717, 1.165) is 23.1 Å². The second kappa shape index (κ2) is 10.2. The molecule has 0 spiro atoms. The quantitative estimate of drug-likeness (QED) is 0.585. The Morgan fingerprint density at radius 2 is 1.74 bits per heavy atom. The lowest BCUT2D eigenvalue weighted by Gasteiger charge is -1.99. The number of nitrogens with zero attached hydrogens (tertiary/aromatic N) is 1. The second-order valence-corrected chi connectivity index (χ2v) is 6.04. The maximum Gasteiger partial charge on any atom is 0.148 e. The van der Waals surface area contributed by atoms with E-state index in [-0.39, 0.29) is 0 Å². The van der Waals surface area contributed by atoms with E-state index in [0.29, 0.717) is 0 Å². The van der Waals surface area contributed by atoms with Crippen molar-refractivity contribution in [1.82, 2.24) is 4.98 Å². The summed E-state index contributed by atoms with van der Waals surface area (Å²) in [6.07, 6.45) is 4.91. The molecule has 0 fully saturated rings. The number of unbranched alkanes of at least 4 members (excludes halogenated alkanes) is 2. The molecule has 0 bridgehead atoms. The molecular formula is C15H23NOS2. The number of rotatable bonds is 6. The SMILES string of the molecule is CCCCOCCCC.Sc1nc2ccccc2s1. The molecule has 0 radical (unpaired) electrons. The Labute approximate surface area is 125 Å². The van der Waals surface area contributed by atoms with E-state index in [4.69, 9.17) is 4.74 Å². The van der Waals surface area contributed by atoms with Gasteiger partial charge in [-0.25, -0.2) is 4.98 Å². The Bertz CT molecular complexity index is 417. The van der Waals surface area contributed by atoms with Crippen molar-refractivity contribution in [3.05, 3.63) is 24.3 Å². The zero-order chi connectivity index (χ0) is 13.9. The average Bonchev–Trinajstić information content (AvgIpc) is 2.79. The van der Waals surface area contributed by atoms with Crippen molar-refractivity contribution >= 4 is 34.2 Å². The Morgan fingerprint density at radius 3 is 2.32 bits per heavy atom. The first kappa shape index (κ1) is 16.5. The highest BCUT2D eigenvalue weighted by atomic mass is 32.2. The van der Waals surface area contributed by atoms with Crippen molar-refractivity contribution in [2.24, 2.45) is 0 Å². The van der Waals surface area contributed by atoms with Crippen LogP contribution in [0.2, 0.25) is 0 Å². The summed E-state index contributed by atoms with van der Waals surface area (Å²) in [5.74, 6) is 0. The van der Waals surface area contributed by atoms with Crippen LogP contribution in [0, 0.1) is 0 Å². The standard InChI is InChI=1S/C8H18O.C7H5NS2/c1-3-5-7-9-8-6-4-2;9-7-8-5-3-1-2-4-6(5)10-7/h3-8H2,1-2H3;1-4H,(H,8,9). The van der Waals surface area contributed by atoms with E-state index in [1.165, 1.54) is 30.4 Å². The van der Waals surface area contributed by atoms with Gasteiger partial charge in [-0.15, -0.1) is 24.0 Å². The van der Waals surface area contributed by atoms with E-state index in [2.05, 4.69) is 31.5 Å². The lowest BCUT2D eigenvalue weighted by molar-refractivity contribution is 0.128. The smallest absolute Gasteiger partial charge is 0.148 e. The van der Waals surface area contributed by atoms with Crippen molar-refractivity contribution in [2.75, 3.05) is 13.2 Å². The van der Waals surface area contributed by atoms with Crippen LogP contribution >= 0.6 is 24.0 Å². The van der Waals surface area contributed by atoms with E-state index in [1.807, 2.05) is 24.3 Å². The summed E-state index contributed by atoms with van der Waals surface area (Å²) in [5.41, 5.74) is 1.04.